The summed E-state index contributed by atoms with van der Waals surface area (Å²) in [6.45, 7) is 8.36. The molecule has 5 heteroatoms. The molecule has 2 aromatic heterocycles. The van der Waals surface area contributed by atoms with Crippen molar-refractivity contribution >= 4 is 5.78 Å². The van der Waals surface area contributed by atoms with Crippen LogP contribution in [0.5, 0.6) is 0 Å². The second-order valence-corrected chi connectivity index (χ2v) is 6.80. The van der Waals surface area contributed by atoms with E-state index < -0.39 is 0 Å². The Hall–Kier alpha value is -2.04. The summed E-state index contributed by atoms with van der Waals surface area (Å²) in [6, 6.07) is 0.303. The largest absolute Gasteiger partial charge is 0.294 e. The molecule has 0 atom stereocenters. The van der Waals surface area contributed by atoms with Crippen molar-refractivity contribution in [2.24, 2.45) is 5.41 Å². The fourth-order valence-corrected chi connectivity index (χ4v) is 2.71. The predicted octanol–water partition coefficient (Wildman–Crippen LogP) is 3.08. The summed E-state index contributed by atoms with van der Waals surface area (Å²) in [6.07, 6.45) is 6.76. The molecule has 2 aromatic rings. The van der Waals surface area contributed by atoms with Gasteiger partial charge in [0.05, 0.1) is 23.0 Å². The molecule has 0 aliphatic heterocycles. The van der Waals surface area contributed by atoms with Crippen LogP contribution in [0.25, 0.3) is 11.4 Å². The van der Waals surface area contributed by atoms with Gasteiger partial charge in [-0.3, -0.25) is 9.48 Å². The molecule has 0 fully saturated rings. The van der Waals surface area contributed by atoms with E-state index in [2.05, 4.69) is 42.8 Å². The zero-order valence-electron chi connectivity index (χ0n) is 12.9. The van der Waals surface area contributed by atoms with Crippen LogP contribution in [0.15, 0.2) is 18.6 Å². The van der Waals surface area contributed by atoms with Crippen molar-refractivity contribution in [3.63, 3.8) is 0 Å². The van der Waals surface area contributed by atoms with Crippen molar-refractivity contribution in [3.05, 3.63) is 29.8 Å². The summed E-state index contributed by atoms with van der Waals surface area (Å²) < 4.78 is 1.88. The van der Waals surface area contributed by atoms with Gasteiger partial charge in [-0.15, -0.1) is 0 Å². The van der Waals surface area contributed by atoms with Gasteiger partial charge in [-0.1, -0.05) is 13.8 Å². The van der Waals surface area contributed by atoms with Gasteiger partial charge < -0.3 is 0 Å². The van der Waals surface area contributed by atoms with E-state index in [4.69, 9.17) is 0 Å². The highest BCUT2D eigenvalue weighted by Crippen LogP contribution is 2.34. The molecule has 0 aromatic carbocycles. The van der Waals surface area contributed by atoms with E-state index in [1.165, 1.54) is 0 Å². The summed E-state index contributed by atoms with van der Waals surface area (Å²) in [5, 5.41) is 4.32. The monoisotopic (exact) mass is 284 g/mol. The summed E-state index contributed by atoms with van der Waals surface area (Å²) in [7, 11) is 0. The molecule has 0 spiro atoms. The average Bonchev–Trinajstić information content (AvgIpc) is 2.86. The van der Waals surface area contributed by atoms with Gasteiger partial charge in [0.1, 0.15) is 0 Å². The summed E-state index contributed by atoms with van der Waals surface area (Å²) in [5.74, 6) is 0.789. The molecule has 5 nitrogen and oxygen atoms in total. The van der Waals surface area contributed by atoms with Crippen LogP contribution >= 0.6 is 0 Å². The quantitative estimate of drug-likeness (QED) is 0.850. The highest BCUT2D eigenvalue weighted by atomic mass is 16.1. The first-order valence-corrected chi connectivity index (χ1v) is 7.29. The number of carbonyl (C=O) groups is 1. The molecular weight excluding hydrogens is 264 g/mol. The lowest BCUT2D eigenvalue weighted by Crippen LogP contribution is -2.28. The highest BCUT2D eigenvalue weighted by molar-refractivity contribution is 5.98. The normalized spacial score (nSPS) is 17.1. The fourth-order valence-electron chi connectivity index (χ4n) is 2.71. The Morgan fingerprint density at radius 3 is 2.67 bits per heavy atom. The van der Waals surface area contributed by atoms with Crippen LogP contribution in [0.2, 0.25) is 0 Å². The lowest BCUT2D eigenvalue weighted by molar-refractivity contribution is 0.0910. The van der Waals surface area contributed by atoms with Gasteiger partial charge in [0.2, 0.25) is 0 Å². The first-order valence-electron chi connectivity index (χ1n) is 7.29. The first-order chi connectivity index (χ1) is 9.85. The molecule has 0 unspecified atom stereocenters. The average molecular weight is 284 g/mol. The van der Waals surface area contributed by atoms with E-state index in [0.29, 0.717) is 23.9 Å². The van der Waals surface area contributed by atoms with Crippen molar-refractivity contribution in [1.82, 2.24) is 19.7 Å². The van der Waals surface area contributed by atoms with Crippen LogP contribution in [-0.4, -0.2) is 25.5 Å². The lowest BCUT2D eigenvalue weighted by atomic mass is 9.76. The van der Waals surface area contributed by atoms with Gasteiger partial charge in [0, 0.05) is 24.9 Å². The number of rotatable bonds is 2. The number of carbonyl (C=O) groups excluding carboxylic acids is 1. The van der Waals surface area contributed by atoms with Gasteiger partial charge in [-0.25, -0.2) is 9.97 Å². The molecule has 2 heterocycles. The van der Waals surface area contributed by atoms with Gasteiger partial charge in [0.25, 0.3) is 0 Å². The van der Waals surface area contributed by atoms with Crippen molar-refractivity contribution in [2.75, 3.05) is 0 Å². The smallest absolute Gasteiger partial charge is 0.166 e. The van der Waals surface area contributed by atoms with Crippen LogP contribution in [0.3, 0.4) is 0 Å². The Morgan fingerprint density at radius 1 is 1.24 bits per heavy atom. The molecule has 0 radical (unpaired) electrons. The van der Waals surface area contributed by atoms with E-state index in [9.17, 15) is 4.79 Å². The fraction of sp³-hybridized carbons (Fsp3) is 0.500. The van der Waals surface area contributed by atoms with E-state index in [1.807, 2.05) is 10.9 Å². The summed E-state index contributed by atoms with van der Waals surface area (Å²) in [5.41, 5.74) is 2.40. The summed E-state index contributed by atoms with van der Waals surface area (Å²) in [4.78, 5) is 21.1. The zero-order valence-corrected chi connectivity index (χ0v) is 12.9. The Bertz CT molecular complexity index is 700. The lowest BCUT2D eigenvalue weighted by Gasteiger charge is -2.29. The van der Waals surface area contributed by atoms with Gasteiger partial charge >= 0.3 is 0 Å². The third kappa shape index (κ3) is 2.60. The molecule has 21 heavy (non-hydrogen) atoms. The van der Waals surface area contributed by atoms with Crippen LogP contribution in [0.1, 0.15) is 56.2 Å². The molecule has 3 rings (SSSR count). The van der Waals surface area contributed by atoms with Crippen LogP contribution in [-0.2, 0) is 6.42 Å². The van der Waals surface area contributed by atoms with Crippen LogP contribution in [0, 0.1) is 5.41 Å². The molecule has 110 valence electrons. The highest BCUT2D eigenvalue weighted by Gasteiger charge is 2.32. The maximum Gasteiger partial charge on any atom is 0.166 e. The number of ketones is 1. The number of hydrogen-bond donors (Lipinski definition) is 0. The van der Waals surface area contributed by atoms with E-state index in [1.54, 1.807) is 12.4 Å². The molecule has 1 aliphatic rings. The molecule has 0 N–H and O–H groups in total. The van der Waals surface area contributed by atoms with Gasteiger partial charge in [-0.2, -0.15) is 5.10 Å². The second-order valence-electron chi connectivity index (χ2n) is 6.80. The maximum atomic E-state index is 12.1. The Kier molecular flexibility index (Phi) is 3.15. The predicted molar refractivity (Wildman–Crippen MR) is 80.1 cm³/mol. The molecule has 0 amide bonds. The SMILES string of the molecule is CC(C)n1cc(-c2ncc3c(n2)CC(C)(C)CC3=O)cn1. The van der Waals surface area contributed by atoms with Crippen LogP contribution in [0.4, 0.5) is 0 Å². The Labute approximate surface area is 124 Å². The van der Waals surface area contributed by atoms with Crippen molar-refractivity contribution < 1.29 is 4.79 Å². The Balaban J connectivity index is 2.01. The third-order valence-corrected chi connectivity index (χ3v) is 3.84. The zero-order chi connectivity index (χ0) is 15.2. The third-order valence-electron chi connectivity index (χ3n) is 3.84. The van der Waals surface area contributed by atoms with E-state index in [0.717, 1.165) is 17.7 Å². The number of Topliss-reactive ketones (excluding diaryl/α,β-unsaturated/α-hetero) is 1. The van der Waals surface area contributed by atoms with Gasteiger partial charge in [0.15, 0.2) is 11.6 Å². The summed E-state index contributed by atoms with van der Waals surface area (Å²) >= 11 is 0. The molecule has 0 saturated heterocycles. The van der Waals surface area contributed by atoms with Crippen LogP contribution < -0.4 is 0 Å². The first kappa shape index (κ1) is 13.9. The number of aromatic nitrogens is 4. The number of nitrogens with zero attached hydrogens (tertiary/aromatic N) is 4. The molecule has 0 saturated carbocycles. The molecule has 1 aliphatic carbocycles. The topological polar surface area (TPSA) is 60.7 Å². The van der Waals surface area contributed by atoms with E-state index in [-0.39, 0.29) is 11.2 Å². The van der Waals surface area contributed by atoms with Crippen molar-refractivity contribution in [1.29, 1.82) is 0 Å². The second kappa shape index (κ2) is 4.76. The molecule has 0 bridgehead atoms. The molecular formula is C16H20N4O. The number of fused-ring (bicyclic) bond motifs is 1. The van der Waals surface area contributed by atoms with Crippen molar-refractivity contribution in [2.45, 2.75) is 46.6 Å². The maximum absolute atomic E-state index is 12.1. The van der Waals surface area contributed by atoms with E-state index >= 15 is 0 Å². The Morgan fingerprint density at radius 2 is 2.00 bits per heavy atom. The standard InChI is InChI=1S/C16H20N4O/c1-10(2)20-9-11(7-18-20)15-17-8-12-13(19-15)5-16(3,4)6-14(12)21/h7-10H,5-6H2,1-4H3. The van der Waals surface area contributed by atoms with Crippen molar-refractivity contribution in [3.8, 4) is 11.4 Å². The minimum atomic E-state index is -0.0299. The minimum Gasteiger partial charge on any atom is -0.294 e. The number of hydrogen-bond acceptors (Lipinski definition) is 4. The van der Waals surface area contributed by atoms with Gasteiger partial charge in [-0.05, 0) is 25.7 Å². The minimum absolute atomic E-state index is 0.0299.